The Morgan fingerprint density at radius 1 is 1.17 bits per heavy atom. The maximum atomic E-state index is 13.1. The van der Waals surface area contributed by atoms with Crippen molar-refractivity contribution in [1.82, 2.24) is 24.9 Å². The lowest BCUT2D eigenvalue weighted by atomic mass is 9.81. The van der Waals surface area contributed by atoms with Crippen LogP contribution in [0, 0.1) is 12.8 Å². The third-order valence-electron chi connectivity index (χ3n) is 6.07. The molecule has 2 atom stereocenters. The van der Waals surface area contributed by atoms with Gasteiger partial charge in [0.05, 0.1) is 5.41 Å². The Labute approximate surface area is 169 Å². The number of carbonyl (C=O) groups excluding carboxylic acids is 1. The number of nitrogens with zero attached hydrogens (tertiary/aromatic N) is 5. The molecule has 29 heavy (non-hydrogen) atoms. The van der Waals surface area contributed by atoms with Crippen molar-refractivity contribution in [3.8, 4) is 0 Å². The van der Waals surface area contributed by atoms with Crippen LogP contribution in [0.4, 0.5) is 0 Å². The summed E-state index contributed by atoms with van der Waals surface area (Å²) in [5.74, 6) is 1.60. The third kappa shape index (κ3) is 3.21. The van der Waals surface area contributed by atoms with E-state index in [-0.39, 0.29) is 17.2 Å². The van der Waals surface area contributed by atoms with E-state index in [1.807, 2.05) is 54.4 Å². The molecule has 0 spiro atoms. The zero-order valence-electron chi connectivity index (χ0n) is 16.4. The quantitative estimate of drug-likeness (QED) is 0.682. The molecule has 0 unspecified atom stereocenters. The second kappa shape index (κ2) is 7.08. The largest absolute Gasteiger partial charge is 0.339 e. The van der Waals surface area contributed by atoms with Crippen molar-refractivity contribution in [3.05, 3.63) is 77.7 Å². The molecular weight excluding hydrogens is 366 g/mol. The highest BCUT2D eigenvalue weighted by Crippen LogP contribution is 2.45. The first-order valence-electron chi connectivity index (χ1n) is 9.90. The van der Waals surface area contributed by atoms with Gasteiger partial charge in [-0.15, -0.1) is 0 Å². The van der Waals surface area contributed by atoms with Crippen LogP contribution in [0.2, 0.25) is 0 Å². The molecule has 148 valence electrons. The summed E-state index contributed by atoms with van der Waals surface area (Å²) in [6, 6.07) is 13.5. The van der Waals surface area contributed by atoms with Crippen molar-refractivity contribution in [2.45, 2.75) is 18.9 Å². The fourth-order valence-corrected chi connectivity index (χ4v) is 4.76. The van der Waals surface area contributed by atoms with Crippen molar-refractivity contribution in [3.63, 3.8) is 0 Å². The Morgan fingerprint density at radius 3 is 2.76 bits per heavy atom. The maximum Gasteiger partial charge on any atom is 0.253 e. The van der Waals surface area contributed by atoms with Crippen molar-refractivity contribution in [2.24, 2.45) is 5.92 Å². The lowest BCUT2D eigenvalue weighted by Crippen LogP contribution is -2.40. The van der Waals surface area contributed by atoms with Gasteiger partial charge in [0.15, 0.2) is 5.82 Å². The van der Waals surface area contributed by atoms with Gasteiger partial charge in [0.25, 0.3) is 5.91 Å². The lowest BCUT2D eigenvalue weighted by molar-refractivity contribution is 0.0766. The van der Waals surface area contributed by atoms with Crippen LogP contribution in [0.15, 0.2) is 59.4 Å². The summed E-state index contributed by atoms with van der Waals surface area (Å²) in [6.07, 6.45) is 3.70. The minimum absolute atomic E-state index is 0.0643. The van der Waals surface area contributed by atoms with E-state index in [9.17, 15) is 4.79 Å². The van der Waals surface area contributed by atoms with E-state index in [0.29, 0.717) is 24.8 Å². The molecular formula is C22H23N5O2. The topological polar surface area (TPSA) is 75.4 Å². The Bertz CT molecular complexity index is 1010. The molecule has 0 saturated carbocycles. The van der Waals surface area contributed by atoms with Crippen LogP contribution in [0.3, 0.4) is 0 Å². The molecule has 2 aromatic heterocycles. The van der Waals surface area contributed by atoms with Gasteiger partial charge in [-0.2, -0.15) is 4.98 Å². The van der Waals surface area contributed by atoms with Gasteiger partial charge in [0.1, 0.15) is 0 Å². The molecule has 5 rings (SSSR count). The predicted octanol–water partition coefficient (Wildman–Crippen LogP) is 2.30. The van der Waals surface area contributed by atoms with Gasteiger partial charge in [-0.3, -0.25) is 14.7 Å². The van der Waals surface area contributed by atoms with Crippen LogP contribution in [0.25, 0.3) is 0 Å². The molecule has 0 radical (unpaired) electrons. The summed E-state index contributed by atoms with van der Waals surface area (Å²) in [4.78, 5) is 26.2. The number of aryl methyl sites for hydroxylation is 1. The Hall–Kier alpha value is -3.06. The van der Waals surface area contributed by atoms with Gasteiger partial charge in [0, 0.05) is 56.6 Å². The summed E-state index contributed by atoms with van der Waals surface area (Å²) < 4.78 is 5.65. The average molecular weight is 389 g/mol. The van der Waals surface area contributed by atoms with Gasteiger partial charge >= 0.3 is 0 Å². The minimum atomic E-state index is -0.325. The third-order valence-corrected chi connectivity index (χ3v) is 6.07. The van der Waals surface area contributed by atoms with Crippen molar-refractivity contribution in [1.29, 1.82) is 0 Å². The summed E-state index contributed by atoms with van der Waals surface area (Å²) in [5.41, 5.74) is 1.58. The molecule has 0 N–H and O–H groups in total. The van der Waals surface area contributed by atoms with Crippen LogP contribution < -0.4 is 0 Å². The van der Waals surface area contributed by atoms with E-state index < -0.39 is 0 Å². The number of amides is 1. The monoisotopic (exact) mass is 389 g/mol. The standard InChI is InChI=1S/C22H23N5O2/c1-16-24-21(29-25-16)22-14-26(11-17-6-5-9-23-10-17)12-19(22)13-27(15-22)20(28)18-7-3-2-4-8-18/h2-10,19H,11-15H2,1H3/t19-,22-/m0/s1. The number of rotatable bonds is 4. The number of pyridine rings is 1. The number of carbonyl (C=O) groups is 1. The molecule has 7 heteroatoms. The predicted molar refractivity (Wildman–Crippen MR) is 106 cm³/mol. The van der Waals surface area contributed by atoms with Crippen LogP contribution in [-0.4, -0.2) is 57.0 Å². The fraction of sp³-hybridized carbons (Fsp3) is 0.364. The Kier molecular flexibility index (Phi) is 4.39. The normalized spacial score (nSPS) is 24.0. The Morgan fingerprint density at radius 2 is 2.03 bits per heavy atom. The van der Waals surface area contributed by atoms with Crippen LogP contribution in [0.1, 0.15) is 27.6 Å². The number of fused-ring (bicyclic) bond motifs is 1. The van der Waals surface area contributed by atoms with Crippen LogP contribution >= 0.6 is 0 Å². The van der Waals surface area contributed by atoms with E-state index in [1.54, 1.807) is 6.20 Å². The molecule has 2 aliphatic rings. The molecule has 1 aromatic carbocycles. The smallest absolute Gasteiger partial charge is 0.253 e. The van der Waals surface area contributed by atoms with Crippen molar-refractivity contribution >= 4 is 5.91 Å². The molecule has 2 fully saturated rings. The molecule has 2 saturated heterocycles. The second-order valence-corrected chi connectivity index (χ2v) is 8.08. The van der Waals surface area contributed by atoms with E-state index >= 15 is 0 Å². The summed E-state index contributed by atoms with van der Waals surface area (Å²) in [6.45, 7) is 5.62. The SMILES string of the molecule is Cc1noc([C@]23CN(Cc4cccnc4)C[C@H]2CN(C(=O)c2ccccc2)C3)n1. The summed E-state index contributed by atoms with van der Waals surface area (Å²) >= 11 is 0. The zero-order valence-corrected chi connectivity index (χ0v) is 16.4. The zero-order chi connectivity index (χ0) is 19.8. The lowest BCUT2D eigenvalue weighted by Gasteiger charge is -2.26. The number of aromatic nitrogens is 3. The van der Waals surface area contributed by atoms with Crippen molar-refractivity contribution < 1.29 is 9.32 Å². The average Bonchev–Trinajstić information content (AvgIpc) is 3.41. The van der Waals surface area contributed by atoms with E-state index in [4.69, 9.17) is 4.52 Å². The van der Waals surface area contributed by atoms with Gasteiger partial charge < -0.3 is 9.42 Å². The van der Waals surface area contributed by atoms with Crippen LogP contribution in [0.5, 0.6) is 0 Å². The molecule has 0 aliphatic carbocycles. The molecule has 7 nitrogen and oxygen atoms in total. The van der Waals surface area contributed by atoms with E-state index in [0.717, 1.165) is 25.2 Å². The first kappa shape index (κ1) is 18.0. The van der Waals surface area contributed by atoms with Gasteiger partial charge in [0.2, 0.25) is 5.89 Å². The highest BCUT2D eigenvalue weighted by Gasteiger charge is 2.57. The molecule has 4 heterocycles. The summed E-state index contributed by atoms with van der Waals surface area (Å²) in [7, 11) is 0. The first-order chi connectivity index (χ1) is 14.1. The fourth-order valence-electron chi connectivity index (χ4n) is 4.76. The van der Waals surface area contributed by atoms with Gasteiger partial charge in [-0.25, -0.2) is 0 Å². The van der Waals surface area contributed by atoms with Gasteiger partial charge in [-0.05, 0) is 30.7 Å². The highest BCUT2D eigenvalue weighted by molar-refractivity contribution is 5.94. The molecule has 1 amide bonds. The maximum absolute atomic E-state index is 13.1. The molecule has 3 aromatic rings. The molecule has 2 aliphatic heterocycles. The number of benzene rings is 1. The highest BCUT2D eigenvalue weighted by atomic mass is 16.5. The second-order valence-electron chi connectivity index (χ2n) is 8.08. The van der Waals surface area contributed by atoms with E-state index in [1.165, 1.54) is 5.56 Å². The minimum Gasteiger partial charge on any atom is -0.339 e. The first-order valence-corrected chi connectivity index (χ1v) is 9.90. The van der Waals surface area contributed by atoms with E-state index in [2.05, 4.69) is 26.1 Å². The van der Waals surface area contributed by atoms with Crippen molar-refractivity contribution in [2.75, 3.05) is 26.2 Å². The van der Waals surface area contributed by atoms with Gasteiger partial charge in [-0.1, -0.05) is 29.4 Å². The molecule has 0 bridgehead atoms. The van der Waals surface area contributed by atoms with Crippen LogP contribution in [-0.2, 0) is 12.0 Å². The number of likely N-dealkylation sites (tertiary alicyclic amines) is 2. The number of hydrogen-bond acceptors (Lipinski definition) is 6. The number of hydrogen-bond donors (Lipinski definition) is 0. The Balaban J connectivity index is 1.42. The summed E-state index contributed by atoms with van der Waals surface area (Å²) in [5, 5.41) is 4.04.